The average Bonchev–Trinajstić information content (AvgIpc) is 2.97. The molecular formula is C30H23N5O5. The van der Waals surface area contributed by atoms with Gasteiger partial charge < -0.3 is 10.1 Å². The Kier molecular flexibility index (Phi) is 7.41. The third kappa shape index (κ3) is 5.60. The molecule has 0 saturated carbocycles. The van der Waals surface area contributed by atoms with Gasteiger partial charge in [0, 0.05) is 22.9 Å². The predicted molar refractivity (Wildman–Crippen MR) is 153 cm³/mol. The number of nitro groups is 1. The lowest BCUT2D eigenvalue weighted by atomic mass is 10.2. The van der Waals surface area contributed by atoms with Crippen LogP contribution in [0.25, 0.3) is 22.3 Å². The molecule has 0 unspecified atom stereocenters. The number of benzene rings is 4. The molecule has 5 aromatic rings. The fraction of sp³-hybridized carbons (Fsp3) is 0.0667. The van der Waals surface area contributed by atoms with Crippen LogP contribution < -0.4 is 15.6 Å². The summed E-state index contributed by atoms with van der Waals surface area (Å²) in [5, 5.41) is 19.2. The molecule has 1 N–H and O–H groups in total. The monoisotopic (exact) mass is 533 g/mol. The first kappa shape index (κ1) is 26.0. The van der Waals surface area contributed by atoms with Crippen molar-refractivity contribution < 1.29 is 14.5 Å². The van der Waals surface area contributed by atoms with Gasteiger partial charge in [0.2, 0.25) is 0 Å². The van der Waals surface area contributed by atoms with Gasteiger partial charge in [-0.1, -0.05) is 60.7 Å². The number of carbonyl (C=O) groups excluding carboxylic acids is 1. The van der Waals surface area contributed by atoms with Crippen molar-refractivity contribution in [2.75, 3.05) is 11.9 Å². The second kappa shape index (κ2) is 11.4. The standard InChI is InChI=1S/C30H23N5O5/c1-20-9-5-7-13-24(20)32-28(36)19-40-27-16-15-21(17-26(27)35(38)39)18-31-34-29(22-10-3-2-4-11-22)33-25-14-8-6-12-23(25)30(34)37/h2-18H,19H2,1H3,(H,32,36). The van der Waals surface area contributed by atoms with Crippen molar-refractivity contribution in [2.24, 2.45) is 5.10 Å². The van der Waals surface area contributed by atoms with Crippen LogP contribution in [0.5, 0.6) is 5.75 Å². The van der Waals surface area contributed by atoms with Gasteiger partial charge in [-0.2, -0.15) is 9.78 Å². The number of para-hydroxylation sites is 2. The van der Waals surface area contributed by atoms with E-state index in [9.17, 15) is 19.7 Å². The van der Waals surface area contributed by atoms with Gasteiger partial charge in [-0.15, -0.1) is 0 Å². The summed E-state index contributed by atoms with van der Waals surface area (Å²) < 4.78 is 6.64. The van der Waals surface area contributed by atoms with Gasteiger partial charge in [-0.25, -0.2) is 4.98 Å². The number of hydrogen-bond acceptors (Lipinski definition) is 7. The highest BCUT2D eigenvalue weighted by molar-refractivity contribution is 5.92. The summed E-state index contributed by atoms with van der Waals surface area (Å²) in [5.74, 6) is -0.197. The van der Waals surface area contributed by atoms with Crippen LogP contribution in [0.15, 0.2) is 107 Å². The Labute approximate surface area is 228 Å². The van der Waals surface area contributed by atoms with Crippen LogP contribution in [0.4, 0.5) is 11.4 Å². The van der Waals surface area contributed by atoms with Crippen molar-refractivity contribution in [3.63, 3.8) is 0 Å². The fourth-order valence-corrected chi connectivity index (χ4v) is 4.05. The summed E-state index contributed by atoms with van der Waals surface area (Å²) >= 11 is 0. The van der Waals surface area contributed by atoms with Crippen LogP contribution in [0.1, 0.15) is 11.1 Å². The molecule has 10 heteroatoms. The Balaban J connectivity index is 1.42. The van der Waals surface area contributed by atoms with E-state index in [2.05, 4.69) is 15.4 Å². The maximum atomic E-state index is 13.3. The molecule has 5 rings (SSSR count). The highest BCUT2D eigenvalue weighted by atomic mass is 16.6. The SMILES string of the molecule is Cc1ccccc1NC(=O)COc1ccc(C=Nn2c(-c3ccccc3)nc3ccccc3c2=O)cc1[N+](=O)[O-]. The Bertz CT molecular complexity index is 1820. The van der Waals surface area contributed by atoms with E-state index in [0.29, 0.717) is 33.5 Å². The van der Waals surface area contributed by atoms with Gasteiger partial charge in [-0.3, -0.25) is 19.7 Å². The van der Waals surface area contributed by atoms with Gasteiger partial charge in [0.05, 0.1) is 22.0 Å². The van der Waals surface area contributed by atoms with E-state index in [1.807, 2.05) is 49.4 Å². The first-order valence-corrected chi connectivity index (χ1v) is 12.3. The maximum absolute atomic E-state index is 13.3. The van der Waals surface area contributed by atoms with E-state index >= 15 is 0 Å². The van der Waals surface area contributed by atoms with E-state index in [0.717, 1.165) is 5.56 Å². The molecule has 1 heterocycles. The molecule has 0 aliphatic rings. The second-order valence-corrected chi connectivity index (χ2v) is 8.82. The summed E-state index contributed by atoms with van der Waals surface area (Å²) in [6.45, 7) is 1.44. The first-order chi connectivity index (χ1) is 19.4. The molecular weight excluding hydrogens is 510 g/mol. The molecule has 10 nitrogen and oxygen atoms in total. The average molecular weight is 534 g/mol. The Morgan fingerprint density at radius 3 is 2.52 bits per heavy atom. The fourth-order valence-electron chi connectivity index (χ4n) is 4.05. The zero-order valence-electron chi connectivity index (χ0n) is 21.4. The second-order valence-electron chi connectivity index (χ2n) is 8.82. The molecule has 1 amide bonds. The normalized spacial score (nSPS) is 11.0. The summed E-state index contributed by atoms with van der Waals surface area (Å²) in [4.78, 5) is 41.5. The highest BCUT2D eigenvalue weighted by Crippen LogP contribution is 2.28. The number of ether oxygens (including phenoxy) is 1. The predicted octanol–water partition coefficient (Wildman–Crippen LogP) is 5.18. The van der Waals surface area contributed by atoms with E-state index in [1.165, 1.54) is 23.0 Å². The molecule has 0 atom stereocenters. The number of hydrogen-bond donors (Lipinski definition) is 1. The molecule has 0 saturated heterocycles. The van der Waals surface area contributed by atoms with E-state index in [1.54, 1.807) is 42.5 Å². The lowest BCUT2D eigenvalue weighted by molar-refractivity contribution is -0.385. The van der Waals surface area contributed by atoms with Crippen molar-refractivity contribution >= 4 is 34.4 Å². The van der Waals surface area contributed by atoms with E-state index in [4.69, 9.17) is 4.74 Å². The van der Waals surface area contributed by atoms with Gasteiger partial charge in [-0.05, 0) is 42.8 Å². The highest BCUT2D eigenvalue weighted by Gasteiger charge is 2.18. The lowest BCUT2D eigenvalue weighted by Crippen LogP contribution is -2.21. The minimum Gasteiger partial charge on any atom is -0.477 e. The van der Waals surface area contributed by atoms with Crippen LogP contribution in [-0.2, 0) is 4.79 Å². The smallest absolute Gasteiger partial charge is 0.311 e. The number of fused-ring (bicyclic) bond motifs is 1. The van der Waals surface area contributed by atoms with E-state index in [-0.39, 0.29) is 17.0 Å². The molecule has 1 aromatic heterocycles. The molecule has 40 heavy (non-hydrogen) atoms. The van der Waals surface area contributed by atoms with Crippen molar-refractivity contribution in [3.8, 4) is 17.1 Å². The number of aromatic nitrogens is 2. The minimum atomic E-state index is -0.606. The summed E-state index contributed by atoms with van der Waals surface area (Å²) in [6.07, 6.45) is 1.34. The first-order valence-electron chi connectivity index (χ1n) is 12.3. The molecule has 0 radical (unpaired) electrons. The number of anilines is 1. The molecule has 4 aromatic carbocycles. The largest absolute Gasteiger partial charge is 0.477 e. The number of carbonyl (C=O) groups is 1. The van der Waals surface area contributed by atoms with Crippen LogP contribution in [0.2, 0.25) is 0 Å². The quantitative estimate of drug-likeness (QED) is 0.166. The zero-order chi connectivity index (χ0) is 28.1. The molecule has 198 valence electrons. The molecule has 0 fully saturated rings. The lowest BCUT2D eigenvalue weighted by Gasteiger charge is -2.10. The molecule has 0 bridgehead atoms. The van der Waals surface area contributed by atoms with Crippen molar-refractivity contribution in [1.82, 2.24) is 9.66 Å². The number of nitrogens with zero attached hydrogens (tertiary/aromatic N) is 4. The number of aryl methyl sites for hydroxylation is 1. The van der Waals surface area contributed by atoms with Crippen molar-refractivity contribution in [3.05, 3.63) is 129 Å². The van der Waals surface area contributed by atoms with Gasteiger partial charge in [0.1, 0.15) is 0 Å². The third-order valence-corrected chi connectivity index (χ3v) is 6.07. The zero-order valence-corrected chi connectivity index (χ0v) is 21.4. The topological polar surface area (TPSA) is 129 Å². The Morgan fingerprint density at radius 2 is 1.75 bits per heavy atom. The summed E-state index contributed by atoms with van der Waals surface area (Å²) in [6, 6.07) is 27.5. The van der Waals surface area contributed by atoms with Crippen LogP contribution >= 0.6 is 0 Å². The van der Waals surface area contributed by atoms with Crippen molar-refractivity contribution in [2.45, 2.75) is 6.92 Å². The summed E-state index contributed by atoms with van der Waals surface area (Å²) in [5.41, 5.74) is 2.34. The minimum absolute atomic E-state index is 0.0726. The third-order valence-electron chi connectivity index (χ3n) is 6.07. The summed E-state index contributed by atoms with van der Waals surface area (Å²) in [7, 11) is 0. The number of nitrogens with one attached hydrogen (secondary N) is 1. The molecule has 0 aliphatic carbocycles. The maximum Gasteiger partial charge on any atom is 0.311 e. The number of rotatable bonds is 8. The van der Waals surface area contributed by atoms with Crippen LogP contribution in [-0.4, -0.2) is 33.3 Å². The van der Waals surface area contributed by atoms with Gasteiger partial charge >= 0.3 is 5.69 Å². The Morgan fingerprint density at radius 1 is 1.02 bits per heavy atom. The number of nitro benzene ring substituents is 1. The molecule has 0 spiro atoms. The Hall–Kier alpha value is -5.64. The molecule has 0 aliphatic heterocycles. The number of amides is 1. The van der Waals surface area contributed by atoms with Crippen LogP contribution in [0, 0.1) is 17.0 Å². The van der Waals surface area contributed by atoms with Gasteiger partial charge in [0.25, 0.3) is 11.5 Å². The van der Waals surface area contributed by atoms with Crippen molar-refractivity contribution in [1.29, 1.82) is 0 Å². The van der Waals surface area contributed by atoms with Gasteiger partial charge in [0.15, 0.2) is 18.2 Å². The van der Waals surface area contributed by atoms with Crippen LogP contribution in [0.3, 0.4) is 0 Å². The van der Waals surface area contributed by atoms with E-state index < -0.39 is 17.4 Å².